The molecule has 2 aromatic heterocycles. The van der Waals surface area contributed by atoms with Crippen molar-refractivity contribution in [2.75, 3.05) is 6.61 Å². The van der Waals surface area contributed by atoms with Crippen molar-refractivity contribution < 1.29 is 4.74 Å². The fourth-order valence-electron chi connectivity index (χ4n) is 5.37. The number of aryl methyl sites for hydroxylation is 3. The van der Waals surface area contributed by atoms with Crippen molar-refractivity contribution in [2.24, 2.45) is 0 Å². The molecule has 0 N–H and O–H groups in total. The Balaban J connectivity index is 1.41. The predicted octanol–water partition coefficient (Wildman–Crippen LogP) is 7.29. The van der Waals surface area contributed by atoms with E-state index in [0.29, 0.717) is 0 Å². The first kappa shape index (κ1) is 18.0. The number of rotatable bonds is 4. The van der Waals surface area contributed by atoms with Crippen LogP contribution >= 0.6 is 22.7 Å². The predicted molar refractivity (Wildman–Crippen MR) is 131 cm³/mol. The third-order valence-electron chi connectivity index (χ3n) is 6.89. The van der Waals surface area contributed by atoms with Gasteiger partial charge in [-0.25, -0.2) is 0 Å². The Morgan fingerprint density at radius 2 is 1.87 bits per heavy atom. The summed E-state index contributed by atoms with van der Waals surface area (Å²) in [6.45, 7) is 3.09. The van der Waals surface area contributed by atoms with E-state index in [2.05, 4.69) is 60.8 Å². The van der Waals surface area contributed by atoms with Gasteiger partial charge in [-0.1, -0.05) is 37.3 Å². The lowest BCUT2D eigenvalue weighted by Crippen LogP contribution is -2.00. The van der Waals surface area contributed by atoms with E-state index in [-0.39, 0.29) is 0 Å². The molecule has 3 heterocycles. The maximum atomic E-state index is 5.68. The van der Waals surface area contributed by atoms with E-state index < -0.39 is 0 Å². The van der Waals surface area contributed by atoms with Crippen molar-refractivity contribution in [3.63, 3.8) is 0 Å². The van der Waals surface area contributed by atoms with Crippen LogP contribution in [-0.2, 0) is 25.7 Å². The first-order chi connectivity index (χ1) is 15.3. The van der Waals surface area contributed by atoms with Crippen LogP contribution in [0, 0.1) is 20.9 Å². The van der Waals surface area contributed by atoms with Crippen LogP contribution in [0.1, 0.15) is 28.5 Å². The summed E-state index contributed by atoms with van der Waals surface area (Å²) in [7, 11) is 0. The average molecular weight is 439 g/mol. The molecule has 5 aromatic rings. The Kier molecular flexibility index (Phi) is 3.88. The molecule has 3 heteroatoms. The quantitative estimate of drug-likeness (QED) is 0.281. The normalized spacial score (nSPS) is 13.7. The highest BCUT2D eigenvalue weighted by molar-refractivity contribution is 7.22. The molecule has 0 fully saturated rings. The summed E-state index contributed by atoms with van der Waals surface area (Å²) in [6, 6.07) is 18.4. The van der Waals surface area contributed by atoms with Crippen LogP contribution in [-0.4, -0.2) is 6.61 Å². The highest BCUT2D eigenvalue weighted by Gasteiger charge is 2.18. The van der Waals surface area contributed by atoms with Crippen molar-refractivity contribution >= 4 is 42.8 Å². The van der Waals surface area contributed by atoms with Crippen molar-refractivity contribution in [2.45, 2.75) is 32.6 Å². The van der Waals surface area contributed by atoms with Gasteiger partial charge in [-0.2, -0.15) is 0 Å². The minimum Gasteiger partial charge on any atom is -0.493 e. The van der Waals surface area contributed by atoms with Crippen LogP contribution in [0.5, 0.6) is 5.75 Å². The second kappa shape index (κ2) is 6.69. The zero-order valence-electron chi connectivity index (χ0n) is 17.5. The maximum Gasteiger partial charge on any atom is 0.122 e. The summed E-state index contributed by atoms with van der Waals surface area (Å²) >= 11 is 3.89. The Hall–Kier alpha value is -2.62. The van der Waals surface area contributed by atoms with E-state index in [9.17, 15) is 0 Å². The molecular weight excluding hydrogens is 416 g/mol. The lowest BCUT2D eigenvalue weighted by atomic mass is 9.91. The number of fused-ring (bicyclic) bond motifs is 8. The largest absolute Gasteiger partial charge is 0.493 e. The smallest absolute Gasteiger partial charge is 0.122 e. The van der Waals surface area contributed by atoms with Crippen LogP contribution in [0.4, 0.5) is 0 Å². The first-order valence-electron chi connectivity index (χ1n) is 11.1. The third-order valence-corrected chi connectivity index (χ3v) is 9.14. The average Bonchev–Trinajstić information content (AvgIpc) is 3.52. The molecule has 0 saturated carbocycles. The lowest BCUT2D eigenvalue weighted by Gasteiger charge is -2.13. The minimum absolute atomic E-state index is 0.829. The fraction of sp³-hybridized carbons (Fsp3) is 0.214. The molecule has 3 aromatic carbocycles. The highest BCUT2D eigenvalue weighted by Crippen LogP contribution is 2.40. The number of benzene rings is 3. The van der Waals surface area contributed by atoms with Gasteiger partial charge in [0.15, 0.2) is 0 Å². The summed E-state index contributed by atoms with van der Waals surface area (Å²) in [4.78, 5) is 1.49. The van der Waals surface area contributed by atoms with E-state index in [1.54, 1.807) is 0 Å². The topological polar surface area (TPSA) is 9.23 Å². The Morgan fingerprint density at radius 1 is 0.903 bits per heavy atom. The first-order valence-corrected chi connectivity index (χ1v) is 12.8. The van der Waals surface area contributed by atoms with Gasteiger partial charge in [0.2, 0.25) is 0 Å². The molecule has 0 saturated heterocycles. The molecule has 1 aliphatic carbocycles. The van der Waals surface area contributed by atoms with Crippen LogP contribution in [0.3, 0.4) is 0 Å². The molecule has 1 nitrogen and oxygen atoms in total. The molecule has 152 valence electrons. The van der Waals surface area contributed by atoms with E-state index in [1.165, 1.54) is 62.6 Å². The Morgan fingerprint density at radius 3 is 2.81 bits per heavy atom. The molecule has 2 aliphatic rings. The Labute approximate surface area is 188 Å². The van der Waals surface area contributed by atoms with Crippen molar-refractivity contribution in [1.82, 2.24) is 0 Å². The molecule has 31 heavy (non-hydrogen) atoms. The number of thiophene rings is 2. The summed E-state index contributed by atoms with van der Waals surface area (Å²) in [5, 5.41) is 11.1. The number of hydrogen-bond acceptors (Lipinski definition) is 3. The van der Waals surface area contributed by atoms with Gasteiger partial charge in [-0.3, -0.25) is 0 Å². The second-order valence-corrected chi connectivity index (χ2v) is 10.7. The van der Waals surface area contributed by atoms with Crippen molar-refractivity contribution in [3.8, 4) is 5.75 Å². The van der Waals surface area contributed by atoms with Crippen LogP contribution in [0.25, 0.3) is 20.2 Å². The molecule has 0 amide bonds. The van der Waals surface area contributed by atoms with Gasteiger partial charge in [-0.05, 0) is 70.0 Å². The van der Waals surface area contributed by atoms with Gasteiger partial charge in [0.1, 0.15) is 5.75 Å². The molecular formula is C28H22OS2. The van der Waals surface area contributed by atoms with Crippen LogP contribution < -0.4 is 4.74 Å². The van der Waals surface area contributed by atoms with Crippen LogP contribution in [0.2, 0.25) is 0 Å². The monoisotopic (exact) mass is 438 g/mol. The maximum absolute atomic E-state index is 5.68. The zero-order chi connectivity index (χ0) is 20.5. The van der Waals surface area contributed by atoms with Gasteiger partial charge in [0.25, 0.3) is 0 Å². The Bertz CT molecular complexity index is 1700. The molecule has 0 radical (unpaired) electrons. The fourth-order valence-corrected chi connectivity index (χ4v) is 7.53. The van der Waals surface area contributed by atoms with Crippen LogP contribution in [0.15, 0.2) is 53.9 Å². The second-order valence-electron chi connectivity index (χ2n) is 8.60. The highest BCUT2D eigenvalue weighted by atomic mass is 32.1. The van der Waals surface area contributed by atoms with E-state index in [0.717, 1.165) is 38.0 Å². The van der Waals surface area contributed by atoms with Gasteiger partial charge in [0.05, 0.1) is 6.61 Å². The molecule has 0 bridgehead atoms. The summed E-state index contributed by atoms with van der Waals surface area (Å²) < 4.78 is 8.63. The van der Waals surface area contributed by atoms with Gasteiger partial charge >= 0.3 is 0 Å². The van der Waals surface area contributed by atoms with Gasteiger partial charge < -0.3 is 4.74 Å². The molecule has 0 unspecified atom stereocenters. The van der Waals surface area contributed by atoms with E-state index in [1.807, 2.05) is 22.7 Å². The van der Waals surface area contributed by atoms with Crippen molar-refractivity contribution in [3.05, 3.63) is 96.4 Å². The molecule has 0 spiro atoms. The molecule has 0 atom stereocenters. The zero-order valence-corrected chi connectivity index (χ0v) is 19.1. The van der Waals surface area contributed by atoms with Crippen molar-refractivity contribution in [1.29, 1.82) is 0 Å². The number of hydrogen-bond donors (Lipinski definition) is 0. The van der Waals surface area contributed by atoms with Gasteiger partial charge in [-0.15, -0.1) is 22.7 Å². The lowest BCUT2D eigenvalue weighted by molar-refractivity contribution is 0.357. The minimum atomic E-state index is 0.829. The molecule has 7 rings (SSSR count). The standard InChI is InChI=1S/C28H22OS2/c1-2-19-15-22-27-21(11-13-30-27)25-24-17(4-3-5-20(24)26(25)28(22)31-19)8-6-16-7-9-23-18(14-16)10-12-29-23/h3-5,7,9,11,13-15H,2,6,8,10,12H2,1H3. The third kappa shape index (κ3) is 2.54. The van der Waals surface area contributed by atoms with Gasteiger partial charge in [0, 0.05) is 41.9 Å². The van der Waals surface area contributed by atoms with E-state index >= 15 is 0 Å². The molecule has 1 aliphatic heterocycles. The summed E-state index contributed by atoms with van der Waals surface area (Å²) in [5.74, 6) is 1.08. The SMILES string of the molecule is CCc1cc2c(s1)c1c(c3ccsc32)=c2c(CCc3ccc4c(c3)CCO4)cccc2=1. The van der Waals surface area contributed by atoms with E-state index in [4.69, 9.17) is 4.74 Å². The summed E-state index contributed by atoms with van der Waals surface area (Å²) in [6.07, 6.45) is 4.31. The number of ether oxygens (including phenoxy) is 1. The summed E-state index contributed by atoms with van der Waals surface area (Å²) in [5.41, 5.74) is 4.28.